The van der Waals surface area contributed by atoms with Gasteiger partial charge in [0.2, 0.25) is 0 Å². The van der Waals surface area contributed by atoms with Crippen LogP contribution in [-0.4, -0.2) is 11.5 Å². The van der Waals surface area contributed by atoms with Gasteiger partial charge in [-0.2, -0.15) is 5.26 Å². The topological polar surface area (TPSA) is 79.0 Å². The monoisotopic (exact) mass is 259 g/mol. The summed E-state index contributed by atoms with van der Waals surface area (Å²) in [6.07, 6.45) is 4.94. The van der Waals surface area contributed by atoms with Gasteiger partial charge in [0.05, 0.1) is 4.92 Å². The Morgan fingerprint density at radius 1 is 1.47 bits per heavy atom. The van der Waals surface area contributed by atoms with Gasteiger partial charge in [0.1, 0.15) is 11.6 Å². The molecule has 19 heavy (non-hydrogen) atoms. The number of nitro benzene ring substituents is 1. The van der Waals surface area contributed by atoms with Crippen molar-refractivity contribution in [3.63, 3.8) is 0 Å². The minimum absolute atomic E-state index is 0.103. The molecular weight excluding hydrogens is 242 g/mol. The summed E-state index contributed by atoms with van der Waals surface area (Å²) < 4.78 is 0. The Morgan fingerprint density at radius 3 is 2.74 bits per heavy atom. The van der Waals surface area contributed by atoms with E-state index in [1.165, 1.54) is 31.7 Å². The Labute approximate surface area is 112 Å². The van der Waals surface area contributed by atoms with Gasteiger partial charge in [0, 0.05) is 18.3 Å². The van der Waals surface area contributed by atoms with Crippen LogP contribution in [0.1, 0.15) is 38.2 Å². The number of hydrogen-bond acceptors (Lipinski definition) is 4. The van der Waals surface area contributed by atoms with Crippen molar-refractivity contribution in [2.75, 3.05) is 11.9 Å². The third kappa shape index (κ3) is 3.02. The third-order valence-corrected chi connectivity index (χ3v) is 3.84. The minimum atomic E-state index is -0.527. The van der Waals surface area contributed by atoms with E-state index in [1.807, 2.05) is 6.07 Å². The number of nitrogens with one attached hydrogen (secondary N) is 1. The lowest BCUT2D eigenvalue weighted by Crippen LogP contribution is -2.22. The molecule has 0 spiro atoms. The van der Waals surface area contributed by atoms with Crippen LogP contribution < -0.4 is 5.32 Å². The zero-order valence-corrected chi connectivity index (χ0v) is 11.0. The molecule has 0 amide bonds. The average Bonchev–Trinajstić information content (AvgIpc) is 2.83. The number of benzene rings is 1. The standard InChI is InChI=1S/C14H17N3O2/c1-14(6-2-3-7-14)10-16-12-4-5-13(17(18)19)11(8-12)9-15/h4-5,8,16H,2-3,6-7,10H2,1H3. The Kier molecular flexibility index (Phi) is 3.70. The number of nitrogens with zero attached hydrogens (tertiary/aromatic N) is 2. The molecule has 0 heterocycles. The molecule has 0 saturated heterocycles. The molecule has 100 valence electrons. The third-order valence-electron chi connectivity index (χ3n) is 3.84. The molecule has 0 aromatic heterocycles. The molecule has 1 aliphatic rings. The van der Waals surface area contributed by atoms with E-state index in [9.17, 15) is 10.1 Å². The van der Waals surface area contributed by atoms with Crippen molar-refractivity contribution in [1.29, 1.82) is 5.26 Å². The lowest BCUT2D eigenvalue weighted by molar-refractivity contribution is -0.385. The van der Waals surface area contributed by atoms with Crippen LogP contribution in [0.25, 0.3) is 0 Å². The lowest BCUT2D eigenvalue weighted by atomic mass is 9.89. The second kappa shape index (κ2) is 5.27. The zero-order valence-electron chi connectivity index (χ0n) is 11.0. The molecule has 5 nitrogen and oxygen atoms in total. The van der Waals surface area contributed by atoms with Crippen LogP contribution in [0.4, 0.5) is 11.4 Å². The first kappa shape index (κ1) is 13.3. The van der Waals surface area contributed by atoms with Crippen molar-refractivity contribution in [1.82, 2.24) is 0 Å². The van der Waals surface area contributed by atoms with E-state index >= 15 is 0 Å². The van der Waals surface area contributed by atoms with Gasteiger partial charge in [-0.1, -0.05) is 19.8 Å². The summed E-state index contributed by atoms with van der Waals surface area (Å²) in [6, 6.07) is 6.48. The van der Waals surface area contributed by atoms with Crippen LogP contribution in [0.2, 0.25) is 0 Å². The molecule has 0 radical (unpaired) electrons. The van der Waals surface area contributed by atoms with Crippen molar-refractivity contribution >= 4 is 11.4 Å². The molecule has 2 rings (SSSR count). The fourth-order valence-corrected chi connectivity index (χ4v) is 2.62. The van der Waals surface area contributed by atoms with E-state index in [-0.39, 0.29) is 11.3 Å². The molecule has 1 aliphatic carbocycles. The van der Waals surface area contributed by atoms with Gasteiger partial charge in [-0.15, -0.1) is 0 Å². The highest BCUT2D eigenvalue weighted by Gasteiger charge is 2.28. The molecule has 0 bridgehead atoms. The van der Waals surface area contributed by atoms with Gasteiger partial charge >= 0.3 is 0 Å². The van der Waals surface area contributed by atoms with Gasteiger partial charge in [-0.25, -0.2) is 0 Å². The molecule has 0 unspecified atom stereocenters. The fourth-order valence-electron chi connectivity index (χ4n) is 2.62. The highest BCUT2D eigenvalue weighted by molar-refractivity contribution is 5.58. The lowest BCUT2D eigenvalue weighted by Gasteiger charge is -2.24. The Hall–Kier alpha value is -2.09. The molecule has 1 saturated carbocycles. The van der Waals surface area contributed by atoms with E-state index in [0.717, 1.165) is 12.2 Å². The van der Waals surface area contributed by atoms with Crippen molar-refractivity contribution in [2.24, 2.45) is 5.41 Å². The van der Waals surface area contributed by atoms with Gasteiger partial charge < -0.3 is 5.32 Å². The van der Waals surface area contributed by atoms with Gasteiger partial charge in [0.15, 0.2) is 0 Å². The fraction of sp³-hybridized carbons (Fsp3) is 0.500. The Morgan fingerprint density at radius 2 is 2.16 bits per heavy atom. The predicted octanol–water partition coefficient (Wildman–Crippen LogP) is 3.46. The largest absolute Gasteiger partial charge is 0.384 e. The van der Waals surface area contributed by atoms with Crippen molar-refractivity contribution < 1.29 is 4.92 Å². The summed E-state index contributed by atoms with van der Waals surface area (Å²) in [5, 5.41) is 23.0. The highest BCUT2D eigenvalue weighted by Crippen LogP contribution is 2.37. The molecule has 1 aromatic carbocycles. The van der Waals surface area contributed by atoms with Gasteiger partial charge in [-0.05, 0) is 30.4 Å². The molecule has 5 heteroatoms. The van der Waals surface area contributed by atoms with Crippen molar-refractivity contribution in [3.8, 4) is 6.07 Å². The maximum atomic E-state index is 10.7. The number of rotatable bonds is 4. The second-order valence-corrected chi connectivity index (χ2v) is 5.47. The molecule has 1 aromatic rings. The number of nitro groups is 1. The van der Waals surface area contributed by atoms with Gasteiger partial charge in [0.25, 0.3) is 5.69 Å². The van der Waals surface area contributed by atoms with E-state index in [2.05, 4.69) is 12.2 Å². The van der Waals surface area contributed by atoms with Gasteiger partial charge in [-0.3, -0.25) is 10.1 Å². The maximum Gasteiger partial charge on any atom is 0.287 e. The van der Waals surface area contributed by atoms with E-state index in [0.29, 0.717) is 5.41 Å². The molecular formula is C14H17N3O2. The average molecular weight is 259 g/mol. The molecule has 1 fully saturated rings. The number of nitriles is 1. The van der Waals surface area contributed by atoms with Crippen LogP contribution in [0.15, 0.2) is 18.2 Å². The number of hydrogen-bond donors (Lipinski definition) is 1. The summed E-state index contributed by atoms with van der Waals surface area (Å²) in [4.78, 5) is 10.2. The predicted molar refractivity (Wildman–Crippen MR) is 72.9 cm³/mol. The Balaban J connectivity index is 2.09. The summed E-state index contributed by atoms with van der Waals surface area (Å²) in [6.45, 7) is 3.10. The normalized spacial score (nSPS) is 16.8. The second-order valence-electron chi connectivity index (χ2n) is 5.47. The summed E-state index contributed by atoms with van der Waals surface area (Å²) in [5.74, 6) is 0. The van der Waals surface area contributed by atoms with Crippen LogP contribution in [-0.2, 0) is 0 Å². The number of anilines is 1. The summed E-state index contributed by atoms with van der Waals surface area (Å²) in [7, 11) is 0. The summed E-state index contributed by atoms with van der Waals surface area (Å²) in [5.41, 5.74) is 1.04. The maximum absolute atomic E-state index is 10.7. The molecule has 0 aliphatic heterocycles. The van der Waals surface area contributed by atoms with Crippen LogP contribution in [0.5, 0.6) is 0 Å². The van der Waals surface area contributed by atoms with E-state index in [1.54, 1.807) is 12.1 Å². The smallest absolute Gasteiger partial charge is 0.287 e. The van der Waals surface area contributed by atoms with E-state index in [4.69, 9.17) is 5.26 Å². The van der Waals surface area contributed by atoms with E-state index < -0.39 is 4.92 Å². The van der Waals surface area contributed by atoms with Crippen LogP contribution in [0, 0.1) is 26.9 Å². The van der Waals surface area contributed by atoms with Crippen LogP contribution >= 0.6 is 0 Å². The van der Waals surface area contributed by atoms with Crippen molar-refractivity contribution in [3.05, 3.63) is 33.9 Å². The quantitative estimate of drug-likeness (QED) is 0.663. The zero-order chi connectivity index (χ0) is 13.9. The molecule has 1 N–H and O–H groups in total. The Bertz CT molecular complexity index is 528. The van der Waals surface area contributed by atoms with Crippen LogP contribution in [0.3, 0.4) is 0 Å². The first-order chi connectivity index (χ1) is 9.04. The van der Waals surface area contributed by atoms with Crippen molar-refractivity contribution in [2.45, 2.75) is 32.6 Å². The highest BCUT2D eigenvalue weighted by atomic mass is 16.6. The first-order valence-electron chi connectivity index (χ1n) is 6.46. The first-order valence-corrected chi connectivity index (χ1v) is 6.46. The minimum Gasteiger partial charge on any atom is -0.384 e. The summed E-state index contributed by atoms with van der Waals surface area (Å²) >= 11 is 0. The SMILES string of the molecule is CC1(CNc2ccc([N+](=O)[O-])c(C#N)c2)CCCC1. The molecule has 0 atom stereocenters.